The van der Waals surface area contributed by atoms with Crippen LogP contribution >= 0.6 is 0 Å². The van der Waals surface area contributed by atoms with E-state index in [-0.39, 0.29) is 16.1 Å². The van der Waals surface area contributed by atoms with Crippen LogP contribution in [0.2, 0.25) is 0 Å². The molecule has 7 heteroatoms. The van der Waals surface area contributed by atoms with Crippen molar-refractivity contribution < 1.29 is 18.3 Å². The van der Waals surface area contributed by atoms with Gasteiger partial charge in [-0.25, -0.2) is 17.5 Å². The molecule has 110 valence electrons. The van der Waals surface area contributed by atoms with E-state index in [1.807, 2.05) is 0 Å². The lowest BCUT2D eigenvalue weighted by atomic mass is 10.2. The van der Waals surface area contributed by atoms with Gasteiger partial charge in [-0.1, -0.05) is 6.92 Å². The Morgan fingerprint density at radius 1 is 1.50 bits per heavy atom. The smallest absolute Gasteiger partial charge is 0.337 e. The van der Waals surface area contributed by atoms with Gasteiger partial charge in [-0.2, -0.15) is 0 Å². The number of carboxylic acid groups (broad SMARTS) is 1. The maximum atomic E-state index is 12.5. The minimum absolute atomic E-state index is 0.213. The second kappa shape index (κ2) is 5.06. The number of sulfonamides is 1. The molecule has 1 aliphatic rings. The highest BCUT2D eigenvalue weighted by Gasteiger charge is 2.37. The van der Waals surface area contributed by atoms with Gasteiger partial charge in [0.25, 0.3) is 0 Å². The topological polar surface area (TPSA) is 101 Å². The molecular formula is C13H18N2O4S. The van der Waals surface area contributed by atoms with E-state index >= 15 is 0 Å². The average molecular weight is 298 g/mol. The fraction of sp³-hybridized carbons (Fsp3) is 0.462. The molecule has 2 rings (SSSR count). The van der Waals surface area contributed by atoms with Crippen LogP contribution in [-0.2, 0) is 10.0 Å². The van der Waals surface area contributed by atoms with Gasteiger partial charge in [-0.05, 0) is 36.5 Å². The molecule has 1 fully saturated rings. The number of nitrogens with two attached hydrogens (primary N) is 1. The maximum absolute atomic E-state index is 12.5. The van der Waals surface area contributed by atoms with Gasteiger partial charge in [0.05, 0.1) is 10.5 Å². The maximum Gasteiger partial charge on any atom is 0.337 e. The lowest BCUT2D eigenvalue weighted by molar-refractivity contribution is 0.0692. The third kappa shape index (κ3) is 2.78. The summed E-state index contributed by atoms with van der Waals surface area (Å²) in [5, 5.41) is 9.13. The summed E-state index contributed by atoms with van der Waals surface area (Å²) in [6.45, 7) is 2.48. The Balaban J connectivity index is 2.35. The Hall–Kier alpha value is -1.60. The number of carbonyl (C=O) groups is 1. The SMILES string of the molecule is CC1CC1CN(C)S(=O)(=O)c1ccc(N)cc1C(=O)O. The third-order valence-corrected chi connectivity index (χ3v) is 5.57. The molecular weight excluding hydrogens is 280 g/mol. The zero-order valence-electron chi connectivity index (χ0n) is 11.4. The van der Waals surface area contributed by atoms with E-state index in [1.165, 1.54) is 29.6 Å². The highest BCUT2D eigenvalue weighted by molar-refractivity contribution is 7.89. The van der Waals surface area contributed by atoms with E-state index in [0.29, 0.717) is 18.4 Å². The molecule has 20 heavy (non-hydrogen) atoms. The van der Waals surface area contributed by atoms with Crippen LogP contribution in [-0.4, -0.2) is 37.4 Å². The lowest BCUT2D eigenvalue weighted by Crippen LogP contribution is -2.30. The van der Waals surface area contributed by atoms with Crippen molar-refractivity contribution in [1.82, 2.24) is 4.31 Å². The van der Waals surface area contributed by atoms with Gasteiger partial charge in [0.15, 0.2) is 0 Å². The Bertz CT molecular complexity index is 642. The van der Waals surface area contributed by atoms with Gasteiger partial charge in [0.2, 0.25) is 10.0 Å². The number of anilines is 1. The van der Waals surface area contributed by atoms with Crippen molar-refractivity contribution in [1.29, 1.82) is 0 Å². The number of hydrogen-bond acceptors (Lipinski definition) is 4. The van der Waals surface area contributed by atoms with Crippen LogP contribution in [0.3, 0.4) is 0 Å². The largest absolute Gasteiger partial charge is 0.478 e. The molecule has 2 atom stereocenters. The molecule has 0 saturated heterocycles. The minimum Gasteiger partial charge on any atom is -0.478 e. The van der Waals surface area contributed by atoms with E-state index in [1.54, 1.807) is 0 Å². The molecule has 3 N–H and O–H groups in total. The molecule has 0 aliphatic heterocycles. The first-order valence-corrected chi connectivity index (χ1v) is 7.76. The molecule has 0 amide bonds. The summed E-state index contributed by atoms with van der Waals surface area (Å²) in [4.78, 5) is 11.0. The first kappa shape index (κ1) is 14.8. The van der Waals surface area contributed by atoms with Crippen molar-refractivity contribution >= 4 is 21.7 Å². The Labute approximate surface area is 118 Å². The summed E-state index contributed by atoms with van der Waals surface area (Å²) in [5.74, 6) is -0.418. The zero-order chi connectivity index (χ0) is 15.1. The van der Waals surface area contributed by atoms with Crippen LogP contribution < -0.4 is 5.73 Å². The van der Waals surface area contributed by atoms with Crippen LogP contribution in [0, 0.1) is 11.8 Å². The molecule has 1 aromatic rings. The van der Waals surface area contributed by atoms with Gasteiger partial charge in [-0.3, -0.25) is 0 Å². The number of carboxylic acids is 1. The summed E-state index contributed by atoms with van der Waals surface area (Å²) in [6, 6.07) is 3.82. The normalized spacial score (nSPS) is 21.9. The predicted octanol–water partition coefficient (Wildman–Crippen LogP) is 1.24. The summed E-state index contributed by atoms with van der Waals surface area (Å²) < 4.78 is 26.1. The monoisotopic (exact) mass is 298 g/mol. The number of rotatable bonds is 5. The van der Waals surface area contributed by atoms with Crippen LogP contribution in [0.4, 0.5) is 5.69 Å². The fourth-order valence-corrected chi connectivity index (χ4v) is 3.58. The quantitative estimate of drug-likeness (QED) is 0.797. The van der Waals surface area contributed by atoms with Crippen molar-refractivity contribution in [2.24, 2.45) is 11.8 Å². The van der Waals surface area contributed by atoms with E-state index < -0.39 is 16.0 Å². The van der Waals surface area contributed by atoms with Crippen molar-refractivity contribution in [2.75, 3.05) is 19.3 Å². The highest BCUT2D eigenvalue weighted by Crippen LogP contribution is 2.39. The molecule has 1 saturated carbocycles. The molecule has 0 bridgehead atoms. The number of hydrogen-bond donors (Lipinski definition) is 2. The standard InChI is InChI=1S/C13H18N2O4S/c1-8-5-9(8)7-15(2)20(18,19)12-4-3-10(14)6-11(12)13(16)17/h3-4,6,8-9H,5,7,14H2,1-2H3,(H,16,17). The van der Waals surface area contributed by atoms with Crippen molar-refractivity contribution in [3.05, 3.63) is 23.8 Å². The van der Waals surface area contributed by atoms with E-state index in [2.05, 4.69) is 6.92 Å². The summed E-state index contributed by atoms with van der Waals surface area (Å²) in [6.07, 6.45) is 1.01. The van der Waals surface area contributed by atoms with Crippen LogP contribution in [0.1, 0.15) is 23.7 Å². The van der Waals surface area contributed by atoms with Crippen molar-refractivity contribution in [3.8, 4) is 0 Å². The first-order chi connectivity index (χ1) is 9.23. The zero-order valence-corrected chi connectivity index (χ0v) is 12.2. The molecule has 1 aromatic carbocycles. The molecule has 0 spiro atoms. The fourth-order valence-electron chi connectivity index (χ4n) is 2.19. The molecule has 0 heterocycles. The molecule has 0 aromatic heterocycles. The second-order valence-corrected chi connectivity index (χ2v) is 7.33. The van der Waals surface area contributed by atoms with Crippen molar-refractivity contribution in [2.45, 2.75) is 18.2 Å². The average Bonchev–Trinajstić information content (AvgIpc) is 3.04. The summed E-state index contributed by atoms with van der Waals surface area (Å²) in [5.41, 5.74) is 5.45. The first-order valence-electron chi connectivity index (χ1n) is 6.32. The molecule has 2 unspecified atom stereocenters. The van der Waals surface area contributed by atoms with E-state index in [4.69, 9.17) is 10.8 Å². The molecule has 6 nitrogen and oxygen atoms in total. The third-order valence-electron chi connectivity index (χ3n) is 3.69. The van der Waals surface area contributed by atoms with Crippen LogP contribution in [0.5, 0.6) is 0 Å². The van der Waals surface area contributed by atoms with Gasteiger partial charge in [-0.15, -0.1) is 0 Å². The Morgan fingerprint density at radius 3 is 2.60 bits per heavy atom. The van der Waals surface area contributed by atoms with Gasteiger partial charge < -0.3 is 10.8 Å². The van der Waals surface area contributed by atoms with Crippen molar-refractivity contribution in [3.63, 3.8) is 0 Å². The number of nitrogens with zero attached hydrogens (tertiary/aromatic N) is 1. The number of nitrogen functional groups attached to an aromatic ring is 1. The summed E-state index contributed by atoms with van der Waals surface area (Å²) >= 11 is 0. The highest BCUT2D eigenvalue weighted by atomic mass is 32.2. The summed E-state index contributed by atoms with van der Waals surface area (Å²) in [7, 11) is -2.34. The second-order valence-electron chi connectivity index (χ2n) is 5.32. The van der Waals surface area contributed by atoms with E-state index in [9.17, 15) is 13.2 Å². The van der Waals surface area contributed by atoms with Gasteiger partial charge >= 0.3 is 5.97 Å². The Morgan fingerprint density at radius 2 is 2.10 bits per heavy atom. The molecule has 1 aliphatic carbocycles. The lowest BCUT2D eigenvalue weighted by Gasteiger charge is -2.18. The predicted molar refractivity (Wildman–Crippen MR) is 74.9 cm³/mol. The van der Waals surface area contributed by atoms with Gasteiger partial charge in [0.1, 0.15) is 0 Å². The Kier molecular flexibility index (Phi) is 3.75. The van der Waals surface area contributed by atoms with E-state index in [0.717, 1.165) is 6.42 Å². The minimum atomic E-state index is -3.81. The number of aromatic carboxylic acids is 1. The number of benzene rings is 1. The van der Waals surface area contributed by atoms with Gasteiger partial charge in [0, 0.05) is 19.3 Å². The van der Waals surface area contributed by atoms with Crippen LogP contribution in [0.25, 0.3) is 0 Å². The van der Waals surface area contributed by atoms with Crippen LogP contribution in [0.15, 0.2) is 23.1 Å². The molecule has 0 radical (unpaired) electrons.